The van der Waals surface area contributed by atoms with Gasteiger partial charge in [-0.2, -0.15) is 0 Å². The summed E-state index contributed by atoms with van der Waals surface area (Å²) in [5.41, 5.74) is 1.39. The summed E-state index contributed by atoms with van der Waals surface area (Å²) in [5.74, 6) is -1.29. The summed E-state index contributed by atoms with van der Waals surface area (Å²) >= 11 is 0. The quantitative estimate of drug-likeness (QED) is 0.841. The predicted octanol–water partition coefficient (Wildman–Crippen LogP) is 2.84. The fourth-order valence-electron chi connectivity index (χ4n) is 1.81. The zero-order valence-corrected chi connectivity index (χ0v) is 12.4. The Kier molecular flexibility index (Phi) is 5.50. The molecule has 0 spiro atoms. The first-order chi connectivity index (χ1) is 9.34. The highest BCUT2D eigenvalue weighted by molar-refractivity contribution is 6.01. The van der Waals surface area contributed by atoms with Gasteiger partial charge in [0.15, 0.2) is 0 Å². The molecule has 1 aromatic carbocycles. The molecule has 20 heavy (non-hydrogen) atoms. The predicted molar refractivity (Wildman–Crippen MR) is 78.1 cm³/mol. The molecule has 0 radical (unpaired) electrons. The average molecular weight is 275 g/mol. The Bertz CT molecular complexity index is 518. The Hall–Kier alpha value is -2.10. The molecule has 108 valence electrons. The summed E-state index contributed by atoms with van der Waals surface area (Å²) in [6.45, 7) is 7.33. The molecule has 4 nitrogen and oxygen atoms in total. The third-order valence-electron chi connectivity index (χ3n) is 3.28. The fourth-order valence-corrected chi connectivity index (χ4v) is 1.81. The van der Waals surface area contributed by atoms with E-state index < -0.39 is 5.97 Å². The zero-order valence-electron chi connectivity index (χ0n) is 12.4. The van der Waals surface area contributed by atoms with E-state index in [0.717, 1.165) is 5.56 Å². The minimum Gasteiger partial charge on any atom is -0.478 e. The van der Waals surface area contributed by atoms with Crippen molar-refractivity contribution in [3.63, 3.8) is 0 Å². The molecular weight excluding hydrogens is 254 g/mol. The van der Waals surface area contributed by atoms with Gasteiger partial charge in [0.25, 0.3) is 5.91 Å². The second-order valence-corrected chi connectivity index (χ2v) is 5.07. The highest BCUT2D eigenvalue weighted by Gasteiger charge is 2.21. The number of carboxylic acid groups (broad SMARTS) is 1. The first-order valence-corrected chi connectivity index (χ1v) is 6.60. The lowest BCUT2D eigenvalue weighted by Crippen LogP contribution is -2.37. The van der Waals surface area contributed by atoms with Crippen molar-refractivity contribution in [3.05, 3.63) is 47.0 Å². The monoisotopic (exact) mass is 275 g/mol. The SMILES string of the molecule is CC(C(=O)O)=C(C)C(=O)N(Cc1ccccc1)C(C)C. The number of hydrogen-bond donors (Lipinski definition) is 1. The van der Waals surface area contributed by atoms with E-state index in [1.165, 1.54) is 6.92 Å². The molecule has 1 aromatic rings. The highest BCUT2D eigenvalue weighted by Crippen LogP contribution is 2.14. The number of nitrogens with zero attached hydrogens (tertiary/aromatic N) is 1. The van der Waals surface area contributed by atoms with Gasteiger partial charge in [-0.3, -0.25) is 4.79 Å². The topological polar surface area (TPSA) is 57.6 Å². The van der Waals surface area contributed by atoms with Gasteiger partial charge in [-0.15, -0.1) is 0 Å². The largest absolute Gasteiger partial charge is 0.478 e. The number of amides is 1. The first kappa shape index (κ1) is 16.0. The van der Waals surface area contributed by atoms with Crippen LogP contribution in [-0.2, 0) is 16.1 Å². The smallest absolute Gasteiger partial charge is 0.331 e. The van der Waals surface area contributed by atoms with Crippen molar-refractivity contribution in [2.75, 3.05) is 0 Å². The van der Waals surface area contributed by atoms with Gasteiger partial charge >= 0.3 is 5.97 Å². The lowest BCUT2D eigenvalue weighted by molar-refractivity contribution is -0.134. The maximum absolute atomic E-state index is 12.4. The van der Waals surface area contributed by atoms with Crippen molar-refractivity contribution >= 4 is 11.9 Å². The molecule has 1 N–H and O–H groups in total. The molecule has 0 aromatic heterocycles. The second-order valence-electron chi connectivity index (χ2n) is 5.07. The van der Waals surface area contributed by atoms with Crippen LogP contribution >= 0.6 is 0 Å². The van der Waals surface area contributed by atoms with Crippen molar-refractivity contribution in [2.24, 2.45) is 0 Å². The van der Waals surface area contributed by atoms with E-state index in [4.69, 9.17) is 5.11 Å². The van der Waals surface area contributed by atoms with Gasteiger partial charge in [-0.05, 0) is 33.3 Å². The van der Waals surface area contributed by atoms with E-state index in [0.29, 0.717) is 6.54 Å². The standard InChI is InChI=1S/C16H21NO3/c1-11(2)17(10-14-8-6-5-7-9-14)15(18)12(3)13(4)16(19)20/h5-9,11H,10H2,1-4H3,(H,19,20). The summed E-state index contributed by atoms with van der Waals surface area (Å²) in [4.78, 5) is 25.1. The van der Waals surface area contributed by atoms with Crippen LogP contribution in [0.15, 0.2) is 41.5 Å². The number of rotatable bonds is 5. The summed E-state index contributed by atoms with van der Waals surface area (Å²) in [5, 5.41) is 8.98. The number of benzene rings is 1. The first-order valence-electron chi connectivity index (χ1n) is 6.60. The van der Waals surface area contributed by atoms with Crippen molar-refractivity contribution in [2.45, 2.75) is 40.3 Å². The van der Waals surface area contributed by atoms with Gasteiger partial charge in [0.2, 0.25) is 0 Å². The van der Waals surface area contributed by atoms with Crippen molar-refractivity contribution in [3.8, 4) is 0 Å². The third-order valence-corrected chi connectivity index (χ3v) is 3.28. The fraction of sp³-hybridized carbons (Fsp3) is 0.375. The van der Waals surface area contributed by atoms with E-state index in [2.05, 4.69) is 0 Å². The van der Waals surface area contributed by atoms with E-state index >= 15 is 0 Å². The van der Waals surface area contributed by atoms with Crippen LogP contribution in [0.1, 0.15) is 33.3 Å². The molecule has 0 unspecified atom stereocenters. The normalized spacial score (nSPS) is 12.1. The molecule has 0 heterocycles. The lowest BCUT2D eigenvalue weighted by Gasteiger charge is -2.27. The van der Waals surface area contributed by atoms with Gasteiger partial charge < -0.3 is 10.0 Å². The molecule has 0 aliphatic carbocycles. The van der Waals surface area contributed by atoms with E-state index in [1.807, 2.05) is 44.2 Å². The molecule has 0 bridgehead atoms. The summed E-state index contributed by atoms with van der Waals surface area (Å²) in [6.07, 6.45) is 0. The molecule has 0 aliphatic heterocycles. The zero-order chi connectivity index (χ0) is 15.3. The lowest BCUT2D eigenvalue weighted by atomic mass is 10.1. The molecule has 0 saturated carbocycles. The van der Waals surface area contributed by atoms with Gasteiger partial charge in [-0.1, -0.05) is 30.3 Å². The van der Waals surface area contributed by atoms with Crippen molar-refractivity contribution in [1.29, 1.82) is 0 Å². The van der Waals surface area contributed by atoms with Crippen LogP contribution in [0.4, 0.5) is 0 Å². The Morgan fingerprint density at radius 2 is 1.65 bits per heavy atom. The highest BCUT2D eigenvalue weighted by atomic mass is 16.4. The van der Waals surface area contributed by atoms with Crippen LogP contribution in [-0.4, -0.2) is 27.9 Å². The number of carbonyl (C=O) groups excluding carboxylic acids is 1. The molecule has 0 aliphatic rings. The molecule has 1 rings (SSSR count). The molecule has 0 saturated heterocycles. The number of hydrogen-bond acceptors (Lipinski definition) is 2. The van der Waals surface area contributed by atoms with Crippen molar-refractivity contribution in [1.82, 2.24) is 4.90 Å². The van der Waals surface area contributed by atoms with Crippen LogP contribution in [0.3, 0.4) is 0 Å². The maximum atomic E-state index is 12.4. The van der Waals surface area contributed by atoms with E-state index in [-0.39, 0.29) is 23.1 Å². The Morgan fingerprint density at radius 3 is 2.10 bits per heavy atom. The third kappa shape index (κ3) is 3.95. The van der Waals surface area contributed by atoms with Crippen molar-refractivity contribution < 1.29 is 14.7 Å². The average Bonchev–Trinajstić information content (AvgIpc) is 2.43. The summed E-state index contributed by atoms with van der Waals surface area (Å²) in [6, 6.07) is 9.66. The van der Waals surface area contributed by atoms with Gasteiger partial charge in [0.05, 0.1) is 0 Å². The molecule has 1 amide bonds. The van der Waals surface area contributed by atoms with Crippen LogP contribution in [0.5, 0.6) is 0 Å². The van der Waals surface area contributed by atoms with Crippen LogP contribution in [0.25, 0.3) is 0 Å². The Labute approximate surface area is 119 Å². The minimum atomic E-state index is -1.06. The summed E-state index contributed by atoms with van der Waals surface area (Å²) in [7, 11) is 0. The minimum absolute atomic E-state index is 0.000693. The van der Waals surface area contributed by atoms with Crippen LogP contribution in [0.2, 0.25) is 0 Å². The number of carboxylic acids is 1. The van der Waals surface area contributed by atoms with Crippen LogP contribution in [0, 0.1) is 0 Å². The number of aliphatic carboxylic acids is 1. The van der Waals surface area contributed by atoms with Gasteiger partial charge in [-0.25, -0.2) is 4.79 Å². The second kappa shape index (κ2) is 6.89. The summed E-state index contributed by atoms with van der Waals surface area (Å²) < 4.78 is 0. The van der Waals surface area contributed by atoms with Gasteiger partial charge in [0, 0.05) is 23.7 Å². The Morgan fingerprint density at radius 1 is 1.10 bits per heavy atom. The Balaban J connectivity index is 3.01. The number of carbonyl (C=O) groups is 2. The maximum Gasteiger partial charge on any atom is 0.331 e. The molecule has 0 atom stereocenters. The molecule has 4 heteroatoms. The molecule has 0 fully saturated rings. The van der Waals surface area contributed by atoms with E-state index in [9.17, 15) is 9.59 Å². The van der Waals surface area contributed by atoms with Crippen LogP contribution < -0.4 is 0 Å². The van der Waals surface area contributed by atoms with Gasteiger partial charge in [0.1, 0.15) is 0 Å². The molecular formula is C16H21NO3. The van der Waals surface area contributed by atoms with E-state index in [1.54, 1.807) is 11.8 Å².